The van der Waals surface area contributed by atoms with Gasteiger partial charge in [0.05, 0.1) is 5.69 Å². The van der Waals surface area contributed by atoms with Crippen LogP contribution >= 0.6 is 11.3 Å². The Kier molecular flexibility index (Phi) is 4.98. The summed E-state index contributed by atoms with van der Waals surface area (Å²) < 4.78 is 2.28. The zero-order valence-electron chi connectivity index (χ0n) is 15.1. The van der Waals surface area contributed by atoms with Crippen LogP contribution in [-0.4, -0.2) is 20.4 Å². The molecule has 0 aliphatic heterocycles. The van der Waals surface area contributed by atoms with Crippen molar-refractivity contribution in [2.45, 2.75) is 26.4 Å². The second-order valence-electron chi connectivity index (χ2n) is 6.32. The Bertz CT molecular complexity index is 1070. The van der Waals surface area contributed by atoms with Crippen LogP contribution < -0.4 is 5.32 Å². The zero-order valence-corrected chi connectivity index (χ0v) is 15.9. The minimum atomic E-state index is -0.167. The second-order valence-corrected chi connectivity index (χ2v) is 7.18. The van der Waals surface area contributed by atoms with Crippen LogP contribution in [0.25, 0.3) is 21.6 Å². The second kappa shape index (κ2) is 7.72. The molecule has 0 saturated carbocycles. The quantitative estimate of drug-likeness (QED) is 0.539. The van der Waals surface area contributed by atoms with Crippen molar-refractivity contribution in [3.8, 4) is 10.7 Å². The number of rotatable bonds is 6. The summed E-state index contributed by atoms with van der Waals surface area (Å²) in [7, 11) is 0. The van der Waals surface area contributed by atoms with Crippen molar-refractivity contribution >= 4 is 28.1 Å². The molecule has 0 aliphatic carbocycles. The molecule has 0 spiro atoms. The molecule has 5 nitrogen and oxygen atoms in total. The lowest BCUT2D eigenvalue weighted by Gasteiger charge is -2.07. The predicted molar refractivity (Wildman–Crippen MR) is 109 cm³/mol. The van der Waals surface area contributed by atoms with Gasteiger partial charge in [-0.1, -0.05) is 31.2 Å². The zero-order chi connectivity index (χ0) is 18.6. The Morgan fingerprint density at radius 1 is 1.22 bits per heavy atom. The van der Waals surface area contributed by atoms with Crippen LogP contribution in [0.4, 0.5) is 0 Å². The molecule has 3 heterocycles. The summed E-state index contributed by atoms with van der Waals surface area (Å²) in [6.45, 7) is 3.53. The van der Waals surface area contributed by atoms with Gasteiger partial charge in [0.1, 0.15) is 10.7 Å². The van der Waals surface area contributed by atoms with E-state index in [0.717, 1.165) is 29.2 Å². The topological polar surface area (TPSA) is 59.8 Å². The van der Waals surface area contributed by atoms with E-state index in [0.29, 0.717) is 12.2 Å². The van der Waals surface area contributed by atoms with Gasteiger partial charge < -0.3 is 9.88 Å². The number of thiazole rings is 1. The molecular formula is C21H20N4OS. The molecule has 0 fully saturated rings. The number of nitrogens with zero attached hydrogens (tertiary/aromatic N) is 3. The lowest BCUT2D eigenvalue weighted by Crippen LogP contribution is -2.23. The van der Waals surface area contributed by atoms with Gasteiger partial charge in [0.25, 0.3) is 5.91 Å². The van der Waals surface area contributed by atoms with E-state index in [9.17, 15) is 4.79 Å². The SMILES string of the molecule is CCCn1c(-c2nc(C(=O)NCc3cccnc3)cs2)cc2ccccc21. The molecule has 27 heavy (non-hydrogen) atoms. The summed E-state index contributed by atoms with van der Waals surface area (Å²) in [5.74, 6) is -0.167. The largest absolute Gasteiger partial charge is 0.347 e. The maximum Gasteiger partial charge on any atom is 0.271 e. The van der Waals surface area contributed by atoms with E-state index < -0.39 is 0 Å². The van der Waals surface area contributed by atoms with E-state index in [1.165, 1.54) is 22.2 Å². The summed E-state index contributed by atoms with van der Waals surface area (Å²) in [5, 5.41) is 6.79. The number of amides is 1. The highest BCUT2D eigenvalue weighted by molar-refractivity contribution is 7.13. The number of carbonyl (C=O) groups excluding carboxylic acids is 1. The molecule has 0 saturated heterocycles. The van der Waals surface area contributed by atoms with Gasteiger partial charge in [-0.15, -0.1) is 11.3 Å². The van der Waals surface area contributed by atoms with Crippen LogP contribution in [0.15, 0.2) is 60.2 Å². The van der Waals surface area contributed by atoms with Gasteiger partial charge in [0, 0.05) is 41.8 Å². The number of aromatic nitrogens is 3. The normalized spacial score (nSPS) is 11.0. The minimum absolute atomic E-state index is 0.167. The van der Waals surface area contributed by atoms with E-state index >= 15 is 0 Å². The third-order valence-corrected chi connectivity index (χ3v) is 5.25. The van der Waals surface area contributed by atoms with Gasteiger partial charge in [-0.3, -0.25) is 9.78 Å². The average Bonchev–Trinajstić information content (AvgIpc) is 3.33. The van der Waals surface area contributed by atoms with Crippen molar-refractivity contribution in [2.75, 3.05) is 0 Å². The van der Waals surface area contributed by atoms with Crippen LogP contribution in [-0.2, 0) is 13.1 Å². The number of benzene rings is 1. The molecule has 0 bridgehead atoms. The number of hydrogen-bond donors (Lipinski definition) is 1. The van der Waals surface area contributed by atoms with Gasteiger partial charge in [0.15, 0.2) is 0 Å². The summed E-state index contributed by atoms with van der Waals surface area (Å²) >= 11 is 1.50. The fourth-order valence-electron chi connectivity index (χ4n) is 3.12. The van der Waals surface area contributed by atoms with E-state index in [1.54, 1.807) is 12.4 Å². The van der Waals surface area contributed by atoms with Crippen LogP contribution in [0.1, 0.15) is 29.4 Å². The van der Waals surface area contributed by atoms with Crippen molar-refractivity contribution in [3.05, 3.63) is 71.5 Å². The molecular weight excluding hydrogens is 356 g/mol. The lowest BCUT2D eigenvalue weighted by molar-refractivity contribution is 0.0946. The highest BCUT2D eigenvalue weighted by Crippen LogP contribution is 2.30. The molecule has 6 heteroatoms. The number of aryl methyl sites for hydroxylation is 1. The number of fused-ring (bicyclic) bond motifs is 1. The number of nitrogens with one attached hydrogen (secondary N) is 1. The van der Waals surface area contributed by atoms with E-state index in [-0.39, 0.29) is 5.91 Å². The highest BCUT2D eigenvalue weighted by atomic mass is 32.1. The van der Waals surface area contributed by atoms with Gasteiger partial charge in [-0.2, -0.15) is 0 Å². The molecule has 4 aromatic rings. The Labute approximate surface area is 161 Å². The fourth-order valence-corrected chi connectivity index (χ4v) is 3.95. The predicted octanol–water partition coefficient (Wildman–Crippen LogP) is 4.50. The maximum absolute atomic E-state index is 12.5. The standard InChI is InChI=1S/C21H20N4OS/c1-2-10-25-18-8-4-3-7-16(18)11-19(25)21-24-17(14-27-21)20(26)23-13-15-6-5-9-22-12-15/h3-9,11-12,14H,2,10,13H2,1H3,(H,23,26). The van der Waals surface area contributed by atoms with Crippen LogP contribution in [0, 0.1) is 0 Å². The molecule has 1 amide bonds. The molecule has 136 valence electrons. The molecule has 4 rings (SSSR count). The van der Waals surface area contributed by atoms with Crippen LogP contribution in [0.5, 0.6) is 0 Å². The molecule has 1 N–H and O–H groups in total. The molecule has 0 radical (unpaired) electrons. The van der Waals surface area contributed by atoms with Crippen molar-refractivity contribution in [1.82, 2.24) is 19.9 Å². The first-order valence-electron chi connectivity index (χ1n) is 8.97. The van der Waals surface area contributed by atoms with Crippen molar-refractivity contribution in [2.24, 2.45) is 0 Å². The third-order valence-electron chi connectivity index (χ3n) is 4.39. The van der Waals surface area contributed by atoms with E-state index in [2.05, 4.69) is 51.0 Å². The third kappa shape index (κ3) is 3.61. The van der Waals surface area contributed by atoms with Crippen molar-refractivity contribution in [1.29, 1.82) is 0 Å². The fraction of sp³-hybridized carbons (Fsp3) is 0.190. The van der Waals surface area contributed by atoms with E-state index in [1.807, 2.05) is 23.6 Å². The average molecular weight is 376 g/mol. The van der Waals surface area contributed by atoms with Gasteiger partial charge >= 0.3 is 0 Å². The lowest BCUT2D eigenvalue weighted by atomic mass is 10.2. The summed E-state index contributed by atoms with van der Waals surface area (Å²) in [6, 6.07) is 14.3. The Morgan fingerprint density at radius 2 is 2.11 bits per heavy atom. The Morgan fingerprint density at radius 3 is 2.93 bits per heavy atom. The highest BCUT2D eigenvalue weighted by Gasteiger charge is 2.16. The monoisotopic (exact) mass is 376 g/mol. The summed E-state index contributed by atoms with van der Waals surface area (Å²) in [6.07, 6.45) is 4.50. The maximum atomic E-state index is 12.5. The smallest absolute Gasteiger partial charge is 0.271 e. The van der Waals surface area contributed by atoms with Crippen LogP contribution in [0.3, 0.4) is 0 Å². The van der Waals surface area contributed by atoms with Crippen LogP contribution in [0.2, 0.25) is 0 Å². The van der Waals surface area contributed by atoms with Gasteiger partial charge in [0.2, 0.25) is 0 Å². The Hall–Kier alpha value is -2.99. The Balaban J connectivity index is 1.58. The number of pyridine rings is 1. The van der Waals surface area contributed by atoms with E-state index in [4.69, 9.17) is 0 Å². The summed E-state index contributed by atoms with van der Waals surface area (Å²) in [4.78, 5) is 21.1. The molecule has 0 aliphatic rings. The van der Waals surface area contributed by atoms with Crippen molar-refractivity contribution in [3.63, 3.8) is 0 Å². The number of para-hydroxylation sites is 1. The summed E-state index contributed by atoms with van der Waals surface area (Å²) in [5.41, 5.74) is 3.68. The molecule has 0 atom stereocenters. The molecule has 0 unspecified atom stereocenters. The molecule has 1 aromatic carbocycles. The first-order chi connectivity index (χ1) is 13.3. The van der Waals surface area contributed by atoms with Gasteiger partial charge in [-0.25, -0.2) is 4.98 Å². The minimum Gasteiger partial charge on any atom is -0.347 e. The number of carbonyl (C=O) groups is 1. The van der Waals surface area contributed by atoms with Crippen molar-refractivity contribution < 1.29 is 4.79 Å². The molecule has 3 aromatic heterocycles. The number of hydrogen-bond acceptors (Lipinski definition) is 4. The first-order valence-corrected chi connectivity index (χ1v) is 9.85. The first kappa shape index (κ1) is 17.4. The van der Waals surface area contributed by atoms with Gasteiger partial charge in [-0.05, 0) is 30.2 Å².